The number of nitrogens with zero attached hydrogens (tertiary/aromatic N) is 2. The number of piperazine rings is 1. The van der Waals surface area contributed by atoms with Crippen molar-refractivity contribution in [2.75, 3.05) is 51.7 Å². The highest BCUT2D eigenvalue weighted by Gasteiger charge is 2.24. The van der Waals surface area contributed by atoms with Crippen LogP contribution in [0.25, 0.3) is 17.2 Å². The van der Waals surface area contributed by atoms with Gasteiger partial charge in [0.25, 0.3) is 0 Å². The summed E-state index contributed by atoms with van der Waals surface area (Å²) in [4.78, 5) is 29.7. The van der Waals surface area contributed by atoms with Crippen molar-refractivity contribution in [1.29, 1.82) is 0 Å². The molecule has 0 atom stereocenters. The normalized spacial score (nSPS) is 14.8. The molecule has 0 spiro atoms. The maximum Gasteiger partial charge on any atom is 0.341 e. The average molecular weight is 494 g/mol. The smallest absolute Gasteiger partial charge is 0.341 e. The van der Waals surface area contributed by atoms with Gasteiger partial charge < -0.3 is 10.1 Å². The molecule has 1 aromatic heterocycles. The zero-order valence-electron chi connectivity index (χ0n) is 19.6. The van der Waals surface area contributed by atoms with Gasteiger partial charge in [-0.15, -0.1) is 11.3 Å². The molecule has 1 saturated heterocycles. The highest BCUT2D eigenvalue weighted by atomic mass is 32.1. The van der Waals surface area contributed by atoms with Gasteiger partial charge in [0.2, 0.25) is 5.91 Å². The van der Waals surface area contributed by atoms with Crippen molar-refractivity contribution in [3.63, 3.8) is 0 Å². The molecule has 0 saturated carbocycles. The average Bonchev–Trinajstić information content (AvgIpc) is 3.29. The third-order valence-electron chi connectivity index (χ3n) is 5.89. The van der Waals surface area contributed by atoms with E-state index in [1.165, 1.54) is 36.1 Å². The molecule has 8 heteroatoms. The van der Waals surface area contributed by atoms with Crippen LogP contribution in [0.1, 0.15) is 15.9 Å². The lowest BCUT2D eigenvalue weighted by Crippen LogP contribution is -2.48. The Balaban J connectivity index is 1.31. The van der Waals surface area contributed by atoms with Crippen molar-refractivity contribution in [2.45, 2.75) is 0 Å². The summed E-state index contributed by atoms with van der Waals surface area (Å²) in [6.45, 7) is 4.47. The van der Waals surface area contributed by atoms with Gasteiger partial charge in [0.05, 0.1) is 13.7 Å². The molecule has 0 unspecified atom stereocenters. The summed E-state index contributed by atoms with van der Waals surface area (Å²) in [5.41, 5.74) is 2.76. The van der Waals surface area contributed by atoms with Crippen LogP contribution >= 0.6 is 11.3 Å². The quantitative estimate of drug-likeness (QED) is 0.465. The fourth-order valence-electron chi connectivity index (χ4n) is 4.00. The number of halogens is 1. The monoisotopic (exact) mass is 493 g/mol. The second-order valence-electron chi connectivity index (χ2n) is 8.29. The predicted molar refractivity (Wildman–Crippen MR) is 138 cm³/mol. The number of methoxy groups -OCH3 is 1. The van der Waals surface area contributed by atoms with Crippen molar-refractivity contribution < 1.29 is 18.7 Å². The number of nitrogens with one attached hydrogen (secondary N) is 1. The highest BCUT2D eigenvalue weighted by Crippen LogP contribution is 2.36. The molecule has 1 N–H and O–H groups in total. The lowest BCUT2D eigenvalue weighted by Gasteiger charge is -2.33. The van der Waals surface area contributed by atoms with E-state index < -0.39 is 5.97 Å². The van der Waals surface area contributed by atoms with Gasteiger partial charge >= 0.3 is 5.97 Å². The summed E-state index contributed by atoms with van der Waals surface area (Å²) in [5, 5.41) is 5.09. The SMILES string of the molecule is COC(=O)c1c(-c2ccc(F)cc2)csc1NC(=O)CN1CCN(C/C=C/c2ccccc2)CC1. The van der Waals surface area contributed by atoms with Crippen LogP contribution in [0.15, 0.2) is 66.1 Å². The molecular weight excluding hydrogens is 465 g/mol. The molecule has 1 amide bonds. The van der Waals surface area contributed by atoms with Crippen molar-refractivity contribution in [3.8, 4) is 11.1 Å². The first kappa shape index (κ1) is 24.8. The van der Waals surface area contributed by atoms with E-state index in [0.717, 1.165) is 32.7 Å². The van der Waals surface area contributed by atoms with Gasteiger partial charge in [-0.05, 0) is 23.3 Å². The number of hydrogen-bond donors (Lipinski definition) is 1. The summed E-state index contributed by atoms with van der Waals surface area (Å²) in [7, 11) is 1.30. The third-order valence-corrected chi connectivity index (χ3v) is 6.79. The molecule has 3 aromatic rings. The van der Waals surface area contributed by atoms with E-state index in [1.807, 2.05) is 18.2 Å². The third kappa shape index (κ3) is 6.63. The van der Waals surface area contributed by atoms with Crippen LogP contribution in [-0.4, -0.2) is 68.1 Å². The first-order valence-electron chi connectivity index (χ1n) is 11.5. The van der Waals surface area contributed by atoms with Gasteiger partial charge in [-0.3, -0.25) is 14.6 Å². The predicted octanol–water partition coefficient (Wildman–Crippen LogP) is 4.61. The van der Waals surface area contributed by atoms with Crippen molar-refractivity contribution in [1.82, 2.24) is 9.80 Å². The Morgan fingerprint density at radius 3 is 2.40 bits per heavy atom. The number of thiophene rings is 1. The number of amides is 1. The van der Waals surface area contributed by atoms with Crippen LogP contribution in [0, 0.1) is 5.82 Å². The molecule has 0 radical (unpaired) electrons. The van der Waals surface area contributed by atoms with E-state index in [-0.39, 0.29) is 23.8 Å². The van der Waals surface area contributed by atoms with Gasteiger partial charge in [-0.2, -0.15) is 0 Å². The van der Waals surface area contributed by atoms with Crippen LogP contribution < -0.4 is 5.32 Å². The maximum atomic E-state index is 13.3. The molecule has 1 fully saturated rings. The molecule has 4 rings (SSSR count). The fraction of sp³-hybridized carbons (Fsp3) is 0.259. The van der Waals surface area contributed by atoms with Gasteiger partial charge in [-0.25, -0.2) is 9.18 Å². The molecular formula is C27H28FN3O3S. The van der Waals surface area contributed by atoms with E-state index in [2.05, 4.69) is 39.4 Å². The Kier molecular flexibility index (Phi) is 8.41. The van der Waals surface area contributed by atoms with Crippen LogP contribution in [0.5, 0.6) is 0 Å². The lowest BCUT2D eigenvalue weighted by molar-refractivity contribution is -0.117. The van der Waals surface area contributed by atoms with Crippen molar-refractivity contribution >= 4 is 34.3 Å². The second-order valence-corrected chi connectivity index (χ2v) is 9.17. The summed E-state index contributed by atoms with van der Waals surface area (Å²) in [6.07, 6.45) is 4.29. The number of esters is 1. The maximum absolute atomic E-state index is 13.3. The number of carbonyl (C=O) groups is 2. The lowest BCUT2D eigenvalue weighted by atomic mass is 10.0. The fourth-order valence-corrected chi connectivity index (χ4v) is 4.97. The van der Waals surface area contributed by atoms with E-state index >= 15 is 0 Å². The highest BCUT2D eigenvalue weighted by molar-refractivity contribution is 7.15. The van der Waals surface area contributed by atoms with Crippen LogP contribution in [0.3, 0.4) is 0 Å². The molecule has 0 bridgehead atoms. The largest absolute Gasteiger partial charge is 0.465 e. The van der Waals surface area contributed by atoms with Gasteiger partial charge in [0.15, 0.2) is 0 Å². The van der Waals surface area contributed by atoms with Crippen LogP contribution in [0.4, 0.5) is 9.39 Å². The van der Waals surface area contributed by atoms with E-state index in [4.69, 9.17) is 4.74 Å². The van der Waals surface area contributed by atoms with Gasteiger partial charge in [0.1, 0.15) is 16.4 Å². The van der Waals surface area contributed by atoms with Crippen molar-refractivity contribution in [2.24, 2.45) is 0 Å². The second kappa shape index (κ2) is 11.9. The van der Waals surface area contributed by atoms with Crippen LogP contribution in [-0.2, 0) is 9.53 Å². The van der Waals surface area contributed by atoms with E-state index in [0.29, 0.717) is 16.1 Å². The Bertz CT molecular complexity index is 1170. The molecule has 182 valence electrons. The van der Waals surface area contributed by atoms with E-state index in [1.54, 1.807) is 17.5 Å². The molecule has 2 aromatic carbocycles. The topological polar surface area (TPSA) is 61.9 Å². The number of hydrogen-bond acceptors (Lipinski definition) is 6. The van der Waals surface area contributed by atoms with Crippen molar-refractivity contribution in [3.05, 3.63) is 83.0 Å². The Hall–Kier alpha value is -3.33. The zero-order valence-corrected chi connectivity index (χ0v) is 20.4. The Morgan fingerprint density at radius 1 is 1.03 bits per heavy atom. The summed E-state index contributed by atoms with van der Waals surface area (Å²) in [6, 6.07) is 16.1. The minimum absolute atomic E-state index is 0.180. The molecule has 2 heterocycles. The molecule has 0 aliphatic carbocycles. The first-order chi connectivity index (χ1) is 17.0. The number of rotatable bonds is 8. The molecule has 6 nitrogen and oxygen atoms in total. The molecule has 1 aliphatic rings. The van der Waals surface area contributed by atoms with E-state index in [9.17, 15) is 14.0 Å². The minimum Gasteiger partial charge on any atom is -0.465 e. The number of anilines is 1. The number of ether oxygens (including phenoxy) is 1. The number of carbonyl (C=O) groups excluding carboxylic acids is 2. The van der Waals surface area contributed by atoms with Gasteiger partial charge in [-0.1, -0.05) is 54.6 Å². The zero-order chi connectivity index (χ0) is 24.6. The first-order valence-corrected chi connectivity index (χ1v) is 12.3. The standard InChI is InChI=1S/C27H28FN3O3S/c1-34-27(33)25-23(21-9-11-22(28)12-10-21)19-35-26(25)29-24(32)18-31-16-14-30(15-17-31)13-5-8-20-6-3-2-4-7-20/h2-12,19H,13-18H2,1H3,(H,29,32)/b8-5+. The Morgan fingerprint density at radius 2 is 1.71 bits per heavy atom. The minimum atomic E-state index is -0.543. The Labute approximate surface area is 208 Å². The molecule has 1 aliphatic heterocycles. The number of benzene rings is 2. The summed E-state index contributed by atoms with van der Waals surface area (Å²) < 4.78 is 18.3. The molecule has 35 heavy (non-hydrogen) atoms. The van der Waals surface area contributed by atoms with Gasteiger partial charge in [0, 0.05) is 43.7 Å². The summed E-state index contributed by atoms with van der Waals surface area (Å²) >= 11 is 1.26. The van der Waals surface area contributed by atoms with Crippen LogP contribution in [0.2, 0.25) is 0 Å². The summed E-state index contributed by atoms with van der Waals surface area (Å²) in [5.74, 6) is -1.08.